The van der Waals surface area contributed by atoms with Crippen LogP contribution in [0.5, 0.6) is 0 Å². The molecule has 1 aromatic rings. The summed E-state index contributed by atoms with van der Waals surface area (Å²) in [5, 5.41) is 2.82. The lowest BCUT2D eigenvalue weighted by atomic mass is 10.0. The molecule has 162 valence electrons. The zero-order valence-corrected chi connectivity index (χ0v) is 19.2. The maximum atomic E-state index is 12.5. The van der Waals surface area contributed by atoms with Crippen molar-refractivity contribution in [3.05, 3.63) is 28.5 Å². The van der Waals surface area contributed by atoms with Crippen LogP contribution in [0.2, 0.25) is 0 Å². The number of rotatable bonds is 6. The van der Waals surface area contributed by atoms with Crippen LogP contribution >= 0.6 is 15.9 Å². The Bertz CT molecular complexity index is 678. The third-order valence-corrected chi connectivity index (χ3v) is 5.35. The highest BCUT2D eigenvalue weighted by Crippen LogP contribution is 2.18. The van der Waals surface area contributed by atoms with Gasteiger partial charge >= 0.3 is 12.2 Å². The summed E-state index contributed by atoms with van der Waals surface area (Å²) in [4.78, 5) is 30.2. The summed E-state index contributed by atoms with van der Waals surface area (Å²) in [6, 6.07) is 1.96. The van der Waals surface area contributed by atoms with Crippen LogP contribution in [0.1, 0.15) is 52.0 Å². The van der Waals surface area contributed by atoms with E-state index in [1.165, 1.54) is 0 Å². The van der Waals surface area contributed by atoms with Gasteiger partial charge in [0.1, 0.15) is 5.60 Å². The molecule has 0 radical (unpaired) electrons. The number of likely N-dealkylation sites (tertiary alicyclic amines) is 1. The van der Waals surface area contributed by atoms with Crippen LogP contribution in [0.25, 0.3) is 0 Å². The van der Waals surface area contributed by atoms with Crippen molar-refractivity contribution in [3.63, 3.8) is 0 Å². The normalized spacial score (nSPS) is 17.4. The fourth-order valence-electron chi connectivity index (χ4n) is 3.22. The number of amides is 2. The summed E-state index contributed by atoms with van der Waals surface area (Å²) in [5.74, 6) is 0.199. The number of aromatic nitrogens is 1. The number of nitrogens with zero attached hydrogens (tertiary/aromatic N) is 2. The number of hydrogen-bond donors (Lipinski definition) is 1. The molecule has 2 amide bonds. The quantitative estimate of drug-likeness (QED) is 0.618. The molecule has 0 spiro atoms. The monoisotopic (exact) mass is 469 g/mol. The van der Waals surface area contributed by atoms with E-state index in [0.29, 0.717) is 26.2 Å². The molecule has 8 heteroatoms. The topological polar surface area (TPSA) is 80.8 Å². The van der Waals surface area contributed by atoms with Crippen molar-refractivity contribution in [1.29, 1.82) is 0 Å². The van der Waals surface area contributed by atoms with Crippen molar-refractivity contribution < 1.29 is 19.1 Å². The molecule has 1 saturated heterocycles. The maximum Gasteiger partial charge on any atom is 0.409 e. The van der Waals surface area contributed by atoms with Crippen LogP contribution in [0.15, 0.2) is 22.9 Å². The predicted octanol–water partition coefficient (Wildman–Crippen LogP) is 4.54. The minimum Gasteiger partial charge on any atom is -0.449 e. The van der Waals surface area contributed by atoms with E-state index >= 15 is 0 Å². The van der Waals surface area contributed by atoms with E-state index < -0.39 is 11.7 Å². The molecule has 0 bridgehead atoms. The second-order valence-corrected chi connectivity index (χ2v) is 9.23. The van der Waals surface area contributed by atoms with E-state index in [-0.39, 0.29) is 12.0 Å². The summed E-state index contributed by atoms with van der Waals surface area (Å²) in [6.07, 6.45) is 7.35. The zero-order valence-electron chi connectivity index (χ0n) is 17.6. The minimum atomic E-state index is -0.519. The number of ether oxygens (including phenoxy) is 2. The van der Waals surface area contributed by atoms with Crippen molar-refractivity contribution in [1.82, 2.24) is 15.2 Å². The van der Waals surface area contributed by atoms with Crippen LogP contribution in [-0.4, -0.2) is 53.9 Å². The average molecular weight is 470 g/mol. The molecule has 7 nitrogen and oxygen atoms in total. The lowest BCUT2D eigenvalue weighted by Crippen LogP contribution is -2.40. The summed E-state index contributed by atoms with van der Waals surface area (Å²) in [7, 11) is 0. The highest BCUT2D eigenvalue weighted by Gasteiger charge is 2.24. The number of aryl methyl sites for hydroxylation is 1. The second-order valence-electron chi connectivity index (χ2n) is 8.38. The Morgan fingerprint density at radius 1 is 1.34 bits per heavy atom. The van der Waals surface area contributed by atoms with Crippen molar-refractivity contribution in [2.24, 2.45) is 5.92 Å². The van der Waals surface area contributed by atoms with Gasteiger partial charge in [-0.25, -0.2) is 9.59 Å². The van der Waals surface area contributed by atoms with Crippen LogP contribution in [0.3, 0.4) is 0 Å². The molecule has 1 atom stereocenters. The number of halogens is 1. The Balaban J connectivity index is 1.73. The minimum absolute atomic E-state index is 0.199. The SMILES string of the molecule is CC(C)(C)OC(=O)NCC1CCCCN(C(=O)OCCCc2ccncc2Br)C1. The van der Waals surface area contributed by atoms with Crippen molar-refractivity contribution in [3.8, 4) is 0 Å². The summed E-state index contributed by atoms with van der Waals surface area (Å²) < 4.78 is 11.7. The molecule has 29 heavy (non-hydrogen) atoms. The Morgan fingerprint density at radius 3 is 2.86 bits per heavy atom. The van der Waals surface area contributed by atoms with Crippen LogP contribution in [-0.2, 0) is 15.9 Å². The standard InChI is InChI=1S/C21H32BrN3O4/c1-21(2,3)29-19(26)24-13-16-7-4-5-11-25(15-16)20(27)28-12-6-8-17-9-10-23-14-18(17)22/h9-10,14,16H,4-8,11-13,15H2,1-3H3,(H,24,26). The molecule has 1 aromatic heterocycles. The van der Waals surface area contributed by atoms with Crippen molar-refractivity contribution in [2.45, 2.75) is 58.5 Å². The third kappa shape index (κ3) is 9.02. The zero-order chi connectivity index (χ0) is 21.3. The molecule has 1 aliphatic rings. The van der Waals surface area contributed by atoms with Gasteiger partial charge in [-0.15, -0.1) is 0 Å². The van der Waals surface area contributed by atoms with E-state index in [9.17, 15) is 9.59 Å². The number of carbonyl (C=O) groups is 2. The highest BCUT2D eigenvalue weighted by atomic mass is 79.9. The molecule has 1 N–H and O–H groups in total. The first-order valence-electron chi connectivity index (χ1n) is 10.2. The van der Waals surface area contributed by atoms with Gasteiger partial charge in [0.25, 0.3) is 0 Å². The Hall–Kier alpha value is -1.83. The number of hydrogen-bond acceptors (Lipinski definition) is 5. The highest BCUT2D eigenvalue weighted by molar-refractivity contribution is 9.10. The van der Waals surface area contributed by atoms with E-state index in [2.05, 4.69) is 26.2 Å². The predicted molar refractivity (Wildman–Crippen MR) is 115 cm³/mol. The molecule has 1 unspecified atom stereocenters. The summed E-state index contributed by atoms with van der Waals surface area (Å²) >= 11 is 3.48. The number of pyridine rings is 1. The van der Waals surface area contributed by atoms with Gasteiger partial charge in [-0.05, 0) is 79.9 Å². The van der Waals surface area contributed by atoms with E-state index in [1.807, 2.05) is 26.8 Å². The largest absolute Gasteiger partial charge is 0.449 e. The molecule has 2 rings (SSSR count). The van der Waals surface area contributed by atoms with Crippen LogP contribution in [0, 0.1) is 5.92 Å². The van der Waals surface area contributed by atoms with Gasteiger partial charge in [-0.1, -0.05) is 6.42 Å². The van der Waals surface area contributed by atoms with E-state index in [4.69, 9.17) is 9.47 Å². The first kappa shape index (κ1) is 23.4. The van der Waals surface area contributed by atoms with Gasteiger partial charge in [-0.3, -0.25) is 4.98 Å². The molecular formula is C21H32BrN3O4. The maximum absolute atomic E-state index is 12.5. The lowest BCUT2D eigenvalue weighted by Gasteiger charge is -2.25. The Kier molecular flexibility index (Phi) is 9.20. The Morgan fingerprint density at radius 2 is 2.14 bits per heavy atom. The summed E-state index contributed by atoms with van der Waals surface area (Å²) in [5.41, 5.74) is 0.633. The Labute approximate surface area is 181 Å². The van der Waals surface area contributed by atoms with Crippen LogP contribution in [0.4, 0.5) is 9.59 Å². The second kappa shape index (κ2) is 11.4. The molecule has 0 aromatic carbocycles. The fraction of sp³-hybridized carbons (Fsp3) is 0.667. The molecule has 2 heterocycles. The number of carbonyl (C=O) groups excluding carboxylic acids is 2. The molecule has 1 fully saturated rings. The van der Waals surface area contributed by atoms with Gasteiger partial charge in [-0.2, -0.15) is 0 Å². The molecule has 0 aliphatic carbocycles. The summed E-state index contributed by atoms with van der Waals surface area (Å²) in [6.45, 7) is 7.66. The molecule has 0 saturated carbocycles. The van der Waals surface area contributed by atoms with Gasteiger partial charge in [0.05, 0.1) is 6.61 Å². The molecule has 1 aliphatic heterocycles. The first-order chi connectivity index (χ1) is 13.7. The fourth-order valence-corrected chi connectivity index (χ4v) is 3.67. The van der Waals surface area contributed by atoms with Gasteiger partial charge < -0.3 is 19.7 Å². The smallest absolute Gasteiger partial charge is 0.409 e. The van der Waals surface area contributed by atoms with Crippen molar-refractivity contribution >= 4 is 28.1 Å². The number of nitrogens with one attached hydrogen (secondary N) is 1. The van der Waals surface area contributed by atoms with Gasteiger partial charge in [0.2, 0.25) is 0 Å². The van der Waals surface area contributed by atoms with E-state index in [1.54, 1.807) is 17.3 Å². The first-order valence-corrected chi connectivity index (χ1v) is 11.0. The van der Waals surface area contributed by atoms with Gasteiger partial charge in [0, 0.05) is 36.5 Å². The van der Waals surface area contributed by atoms with E-state index in [0.717, 1.165) is 42.1 Å². The lowest BCUT2D eigenvalue weighted by molar-refractivity contribution is 0.0515. The molecular weight excluding hydrogens is 438 g/mol. The van der Waals surface area contributed by atoms with Crippen molar-refractivity contribution in [2.75, 3.05) is 26.2 Å². The average Bonchev–Trinajstić information content (AvgIpc) is 2.89. The van der Waals surface area contributed by atoms with Gasteiger partial charge in [0.15, 0.2) is 0 Å². The number of alkyl carbamates (subject to hydrolysis) is 1. The third-order valence-electron chi connectivity index (χ3n) is 4.63. The van der Waals surface area contributed by atoms with Crippen LogP contribution < -0.4 is 5.32 Å².